The topological polar surface area (TPSA) is 67.1 Å². The number of aryl methyl sites for hydroxylation is 1. The number of aromatic nitrogens is 3. The summed E-state index contributed by atoms with van der Waals surface area (Å²) in [6, 6.07) is 14.9. The smallest absolute Gasteiger partial charge is 0.192 e. The van der Waals surface area contributed by atoms with Gasteiger partial charge in [-0.25, -0.2) is 4.99 Å². The van der Waals surface area contributed by atoms with Crippen molar-refractivity contribution < 1.29 is 0 Å². The molecule has 3 aromatic rings. The number of rotatable bonds is 6. The number of nitrogens with zero attached hydrogens (tertiary/aromatic N) is 4. The first kappa shape index (κ1) is 21.9. The van der Waals surface area contributed by atoms with Gasteiger partial charge in [-0.1, -0.05) is 48.5 Å². The molecule has 6 nitrogen and oxygen atoms in total. The van der Waals surface area contributed by atoms with Crippen LogP contribution in [0.5, 0.6) is 0 Å². The van der Waals surface area contributed by atoms with Crippen molar-refractivity contribution in [1.29, 1.82) is 0 Å². The lowest BCUT2D eigenvalue weighted by Gasteiger charge is -2.20. The number of benzene rings is 2. The van der Waals surface area contributed by atoms with Crippen LogP contribution in [0.25, 0.3) is 10.8 Å². The molecule has 0 fully saturated rings. The fourth-order valence-corrected chi connectivity index (χ4v) is 2.97. The van der Waals surface area contributed by atoms with Crippen LogP contribution in [0.3, 0.4) is 0 Å². The van der Waals surface area contributed by atoms with Gasteiger partial charge in [-0.2, -0.15) is 0 Å². The standard InChI is InChI=1S/C21H26N6.HI/c1-5-13-22-21(23-14-20-26-25-16(3)27(20)4)24-15(2)18-12-8-10-17-9-6-7-11-19(17)18;/h5-12,15H,1,13-14H2,2-4H3,(H2,22,23,24);1H. The summed E-state index contributed by atoms with van der Waals surface area (Å²) in [5.74, 6) is 2.42. The van der Waals surface area contributed by atoms with E-state index in [1.54, 1.807) is 0 Å². The first-order valence-corrected chi connectivity index (χ1v) is 9.08. The molecule has 7 heteroatoms. The van der Waals surface area contributed by atoms with Gasteiger partial charge in [0, 0.05) is 13.6 Å². The largest absolute Gasteiger partial charge is 0.353 e. The summed E-state index contributed by atoms with van der Waals surface area (Å²) in [7, 11) is 1.95. The van der Waals surface area contributed by atoms with Crippen molar-refractivity contribution in [2.24, 2.45) is 12.0 Å². The van der Waals surface area contributed by atoms with E-state index in [9.17, 15) is 0 Å². The van der Waals surface area contributed by atoms with Gasteiger partial charge in [0.1, 0.15) is 12.4 Å². The Balaban J connectivity index is 0.00000280. The van der Waals surface area contributed by atoms with Crippen LogP contribution in [0.1, 0.15) is 30.2 Å². The number of aliphatic imine (C=N–C) groups is 1. The van der Waals surface area contributed by atoms with Crippen LogP contribution in [0.2, 0.25) is 0 Å². The van der Waals surface area contributed by atoms with Gasteiger partial charge in [0.05, 0.1) is 6.04 Å². The number of nitrogens with one attached hydrogen (secondary N) is 2. The van der Waals surface area contributed by atoms with E-state index in [2.05, 4.69) is 81.8 Å². The molecule has 0 radical (unpaired) electrons. The van der Waals surface area contributed by atoms with Gasteiger partial charge in [0.15, 0.2) is 11.8 Å². The molecule has 0 aliphatic carbocycles. The predicted molar refractivity (Wildman–Crippen MR) is 126 cm³/mol. The van der Waals surface area contributed by atoms with Gasteiger partial charge in [0.2, 0.25) is 0 Å². The molecule has 0 bridgehead atoms. The Morgan fingerprint density at radius 1 is 1.21 bits per heavy atom. The Morgan fingerprint density at radius 3 is 2.68 bits per heavy atom. The van der Waals surface area contributed by atoms with Gasteiger partial charge in [-0.3, -0.25) is 0 Å². The van der Waals surface area contributed by atoms with Gasteiger partial charge in [-0.05, 0) is 30.2 Å². The van der Waals surface area contributed by atoms with Crippen LogP contribution in [0.4, 0.5) is 0 Å². The summed E-state index contributed by atoms with van der Waals surface area (Å²) >= 11 is 0. The first-order chi connectivity index (χ1) is 13.1. The molecule has 0 aliphatic heterocycles. The minimum Gasteiger partial charge on any atom is -0.353 e. The van der Waals surface area contributed by atoms with Crippen LogP contribution in [-0.2, 0) is 13.6 Å². The highest BCUT2D eigenvalue weighted by atomic mass is 127. The fourth-order valence-electron chi connectivity index (χ4n) is 2.97. The molecule has 0 amide bonds. The fraction of sp³-hybridized carbons (Fsp3) is 0.286. The summed E-state index contributed by atoms with van der Waals surface area (Å²) < 4.78 is 1.95. The molecular weight excluding hydrogens is 463 g/mol. The third-order valence-electron chi connectivity index (χ3n) is 4.62. The van der Waals surface area contributed by atoms with Crippen molar-refractivity contribution in [2.75, 3.05) is 6.54 Å². The van der Waals surface area contributed by atoms with Crippen molar-refractivity contribution in [3.05, 3.63) is 72.3 Å². The Labute approximate surface area is 183 Å². The highest BCUT2D eigenvalue weighted by molar-refractivity contribution is 14.0. The number of fused-ring (bicyclic) bond motifs is 1. The van der Waals surface area contributed by atoms with Gasteiger partial charge >= 0.3 is 0 Å². The molecule has 3 rings (SSSR count). The van der Waals surface area contributed by atoms with Crippen LogP contribution in [0, 0.1) is 6.92 Å². The lowest BCUT2D eigenvalue weighted by Crippen LogP contribution is -2.39. The Morgan fingerprint density at radius 2 is 1.96 bits per heavy atom. The van der Waals surface area contributed by atoms with E-state index < -0.39 is 0 Å². The zero-order valence-corrected chi connectivity index (χ0v) is 18.8. The quantitative estimate of drug-likeness (QED) is 0.238. The highest BCUT2D eigenvalue weighted by Gasteiger charge is 2.11. The van der Waals surface area contributed by atoms with E-state index in [1.807, 2.05) is 24.6 Å². The van der Waals surface area contributed by atoms with Crippen molar-refractivity contribution in [3.8, 4) is 0 Å². The maximum Gasteiger partial charge on any atom is 0.192 e. The molecule has 2 aromatic carbocycles. The van der Waals surface area contributed by atoms with Crippen molar-refractivity contribution >= 4 is 40.7 Å². The second-order valence-corrected chi connectivity index (χ2v) is 6.49. The third-order valence-corrected chi connectivity index (χ3v) is 4.62. The molecule has 0 saturated heterocycles. The molecule has 28 heavy (non-hydrogen) atoms. The molecule has 0 saturated carbocycles. The van der Waals surface area contributed by atoms with E-state index in [0.717, 1.165) is 17.6 Å². The highest BCUT2D eigenvalue weighted by Crippen LogP contribution is 2.23. The van der Waals surface area contributed by atoms with E-state index in [4.69, 9.17) is 0 Å². The van der Waals surface area contributed by atoms with Gasteiger partial charge < -0.3 is 15.2 Å². The zero-order valence-electron chi connectivity index (χ0n) is 16.5. The molecule has 0 aliphatic rings. The molecule has 148 valence electrons. The van der Waals surface area contributed by atoms with E-state index >= 15 is 0 Å². The minimum absolute atomic E-state index is 0. The third kappa shape index (κ3) is 5.09. The summed E-state index contributed by atoms with van der Waals surface area (Å²) in [6.07, 6.45) is 1.81. The summed E-state index contributed by atoms with van der Waals surface area (Å²) in [6.45, 7) is 8.92. The second kappa shape index (κ2) is 10.2. The maximum atomic E-state index is 4.67. The minimum atomic E-state index is 0. The van der Waals surface area contributed by atoms with Crippen LogP contribution in [-0.4, -0.2) is 27.3 Å². The summed E-state index contributed by atoms with van der Waals surface area (Å²) in [5, 5.41) is 17.5. The number of halogens is 1. The SMILES string of the molecule is C=CCNC(=NCc1nnc(C)n1C)NC(C)c1cccc2ccccc12.I. The zero-order chi connectivity index (χ0) is 19.2. The van der Waals surface area contributed by atoms with Crippen molar-refractivity contribution in [2.45, 2.75) is 26.4 Å². The van der Waals surface area contributed by atoms with E-state index in [0.29, 0.717) is 13.1 Å². The van der Waals surface area contributed by atoms with Crippen molar-refractivity contribution in [1.82, 2.24) is 25.4 Å². The maximum absolute atomic E-state index is 4.67. The van der Waals surface area contributed by atoms with Gasteiger partial charge in [-0.15, -0.1) is 40.8 Å². The summed E-state index contributed by atoms with van der Waals surface area (Å²) in [4.78, 5) is 4.67. The normalized spacial score (nSPS) is 12.3. The molecule has 2 N–H and O–H groups in total. The molecule has 1 atom stereocenters. The summed E-state index contributed by atoms with van der Waals surface area (Å²) in [5.41, 5.74) is 1.23. The van der Waals surface area contributed by atoms with E-state index in [1.165, 1.54) is 16.3 Å². The number of hydrogen-bond acceptors (Lipinski definition) is 3. The number of guanidine groups is 1. The number of hydrogen-bond donors (Lipinski definition) is 2. The Bertz CT molecular complexity index is 957. The van der Waals surface area contributed by atoms with E-state index in [-0.39, 0.29) is 30.0 Å². The predicted octanol–water partition coefficient (Wildman–Crippen LogP) is 3.88. The lowest BCUT2D eigenvalue weighted by molar-refractivity contribution is 0.689. The molecular formula is C21H27IN6. The molecule has 0 spiro atoms. The molecule has 1 unspecified atom stereocenters. The van der Waals surface area contributed by atoms with Gasteiger partial charge in [0.25, 0.3) is 0 Å². The van der Waals surface area contributed by atoms with Crippen LogP contribution >= 0.6 is 24.0 Å². The molecule has 1 aromatic heterocycles. The van der Waals surface area contributed by atoms with Crippen LogP contribution < -0.4 is 10.6 Å². The van der Waals surface area contributed by atoms with Crippen LogP contribution in [0.15, 0.2) is 60.1 Å². The monoisotopic (exact) mass is 490 g/mol. The second-order valence-electron chi connectivity index (χ2n) is 6.49. The molecule has 1 heterocycles. The lowest BCUT2D eigenvalue weighted by atomic mass is 10.00. The Hall–Kier alpha value is -2.42. The van der Waals surface area contributed by atoms with Crippen molar-refractivity contribution in [3.63, 3.8) is 0 Å². The average Bonchev–Trinajstić information content (AvgIpc) is 3.01. The first-order valence-electron chi connectivity index (χ1n) is 9.08. The Kier molecular flexibility index (Phi) is 7.98. The average molecular weight is 490 g/mol.